The number of amides is 1. The van der Waals surface area contributed by atoms with Crippen LogP contribution in [0.4, 0.5) is 5.69 Å². The van der Waals surface area contributed by atoms with Crippen LogP contribution < -0.4 is 10.6 Å². The van der Waals surface area contributed by atoms with Gasteiger partial charge in [-0.1, -0.05) is 53.0 Å². The zero-order valence-electron chi connectivity index (χ0n) is 15.1. The average Bonchev–Trinajstić information content (AvgIpc) is 3.14. The van der Waals surface area contributed by atoms with E-state index in [1.54, 1.807) is 36.4 Å². The van der Waals surface area contributed by atoms with E-state index in [2.05, 4.69) is 15.6 Å². The summed E-state index contributed by atoms with van der Waals surface area (Å²) in [6.07, 6.45) is 0. The predicted octanol–water partition coefficient (Wildman–Crippen LogP) is 7.05. The highest BCUT2D eigenvalue weighted by molar-refractivity contribution is 7.80. The molecule has 0 saturated heterocycles. The van der Waals surface area contributed by atoms with Gasteiger partial charge >= 0.3 is 0 Å². The molecule has 1 aromatic heterocycles. The van der Waals surface area contributed by atoms with Crippen LogP contribution in [0.5, 0.6) is 0 Å². The number of fused-ring (bicyclic) bond motifs is 1. The van der Waals surface area contributed by atoms with Crippen molar-refractivity contribution < 1.29 is 4.79 Å². The van der Waals surface area contributed by atoms with E-state index in [1.165, 1.54) is 11.3 Å². The molecule has 30 heavy (non-hydrogen) atoms. The highest BCUT2D eigenvalue weighted by Crippen LogP contribution is 2.40. The fraction of sp³-hybridized carbons (Fsp3) is 0. The molecule has 1 heterocycles. The maximum Gasteiger partial charge on any atom is 0.257 e. The summed E-state index contributed by atoms with van der Waals surface area (Å²) < 4.78 is 1.03. The van der Waals surface area contributed by atoms with Crippen molar-refractivity contribution in [1.29, 1.82) is 0 Å². The summed E-state index contributed by atoms with van der Waals surface area (Å²) in [5, 5.41) is 7.74. The maximum absolute atomic E-state index is 12.4. The Morgan fingerprint density at radius 3 is 2.53 bits per heavy atom. The fourth-order valence-corrected chi connectivity index (χ4v) is 4.72. The third-order valence-electron chi connectivity index (χ3n) is 4.13. The monoisotopic (exact) mass is 491 g/mol. The van der Waals surface area contributed by atoms with E-state index in [0.29, 0.717) is 31.9 Å². The van der Waals surface area contributed by atoms with Gasteiger partial charge in [0.2, 0.25) is 0 Å². The maximum atomic E-state index is 12.4. The van der Waals surface area contributed by atoms with E-state index in [1.807, 2.05) is 24.3 Å². The molecule has 150 valence electrons. The Balaban J connectivity index is 1.64. The molecule has 1 amide bonds. The number of halogens is 3. The van der Waals surface area contributed by atoms with Crippen molar-refractivity contribution in [2.45, 2.75) is 0 Å². The van der Waals surface area contributed by atoms with Crippen LogP contribution in [0.2, 0.25) is 15.1 Å². The second-order valence-corrected chi connectivity index (χ2v) is 8.93. The number of rotatable bonds is 3. The first-order valence-corrected chi connectivity index (χ1v) is 11.0. The summed E-state index contributed by atoms with van der Waals surface area (Å²) >= 11 is 25.5. The quantitative estimate of drug-likeness (QED) is 0.301. The molecule has 0 aliphatic carbocycles. The fourth-order valence-electron chi connectivity index (χ4n) is 2.81. The number of hydrogen-bond acceptors (Lipinski definition) is 4. The lowest BCUT2D eigenvalue weighted by molar-refractivity contribution is 0.0977. The number of nitrogens with zero attached hydrogens (tertiary/aromatic N) is 1. The second-order valence-electron chi connectivity index (χ2n) is 6.22. The van der Waals surface area contributed by atoms with Gasteiger partial charge in [-0.3, -0.25) is 10.1 Å². The van der Waals surface area contributed by atoms with Gasteiger partial charge in [0, 0.05) is 21.2 Å². The van der Waals surface area contributed by atoms with Crippen LogP contribution in [0.3, 0.4) is 0 Å². The van der Waals surface area contributed by atoms with E-state index < -0.39 is 0 Å². The lowest BCUT2D eigenvalue weighted by Gasteiger charge is -2.14. The lowest BCUT2D eigenvalue weighted by Crippen LogP contribution is -2.34. The Kier molecular flexibility index (Phi) is 6.22. The molecule has 0 saturated carbocycles. The standard InChI is InChI=1S/C21H12Cl3N3OS2/c22-12-5-3-4-11(8-12)19(28)27-21(29)26-18-14(9-13(23)10-15(18)24)20-25-16-6-1-2-7-17(16)30-20/h1-10H,(H2,26,27,28,29). The highest BCUT2D eigenvalue weighted by atomic mass is 35.5. The van der Waals surface area contributed by atoms with Crippen molar-refractivity contribution in [3.8, 4) is 10.6 Å². The first-order chi connectivity index (χ1) is 14.4. The number of carbonyl (C=O) groups excluding carboxylic acids is 1. The molecule has 4 aromatic rings. The summed E-state index contributed by atoms with van der Waals surface area (Å²) in [6, 6.07) is 17.7. The zero-order chi connectivity index (χ0) is 21.3. The first-order valence-electron chi connectivity index (χ1n) is 8.63. The summed E-state index contributed by atoms with van der Waals surface area (Å²) in [4.78, 5) is 17.1. The molecule has 0 bridgehead atoms. The van der Waals surface area contributed by atoms with Crippen molar-refractivity contribution in [2.24, 2.45) is 0 Å². The van der Waals surface area contributed by atoms with E-state index in [-0.39, 0.29) is 11.0 Å². The van der Waals surface area contributed by atoms with Gasteiger partial charge in [-0.25, -0.2) is 4.98 Å². The number of benzene rings is 3. The van der Waals surface area contributed by atoms with Gasteiger partial charge in [0.15, 0.2) is 5.11 Å². The Labute approximate surface area is 196 Å². The largest absolute Gasteiger partial charge is 0.331 e. The molecule has 2 N–H and O–H groups in total. The minimum atomic E-state index is -0.387. The van der Waals surface area contributed by atoms with E-state index in [0.717, 1.165) is 15.2 Å². The molecular formula is C21H12Cl3N3OS2. The third kappa shape index (κ3) is 4.58. The summed E-state index contributed by atoms with van der Waals surface area (Å²) in [5.41, 5.74) is 2.46. The van der Waals surface area contributed by atoms with Crippen LogP contribution in [-0.4, -0.2) is 16.0 Å². The van der Waals surface area contributed by atoms with Crippen molar-refractivity contribution in [1.82, 2.24) is 10.3 Å². The van der Waals surface area contributed by atoms with E-state index >= 15 is 0 Å². The van der Waals surface area contributed by atoms with Crippen molar-refractivity contribution in [3.63, 3.8) is 0 Å². The Bertz CT molecular complexity index is 1260. The van der Waals surface area contributed by atoms with Crippen molar-refractivity contribution in [3.05, 3.63) is 81.3 Å². The van der Waals surface area contributed by atoms with Crippen LogP contribution in [0.25, 0.3) is 20.8 Å². The Morgan fingerprint density at radius 1 is 0.967 bits per heavy atom. The van der Waals surface area contributed by atoms with Gasteiger partial charge in [-0.05, 0) is 54.7 Å². The number of para-hydroxylation sites is 1. The molecule has 0 unspecified atom stereocenters. The normalized spacial score (nSPS) is 10.8. The smallest absolute Gasteiger partial charge is 0.257 e. The van der Waals surface area contributed by atoms with Crippen LogP contribution in [-0.2, 0) is 0 Å². The topological polar surface area (TPSA) is 54.0 Å². The van der Waals surface area contributed by atoms with Crippen LogP contribution >= 0.6 is 58.4 Å². The number of anilines is 1. The second kappa shape index (κ2) is 8.88. The van der Waals surface area contributed by atoms with E-state index in [4.69, 9.17) is 47.0 Å². The van der Waals surface area contributed by atoms with Crippen LogP contribution in [0, 0.1) is 0 Å². The molecule has 0 aliphatic rings. The molecule has 9 heteroatoms. The predicted molar refractivity (Wildman–Crippen MR) is 130 cm³/mol. The van der Waals surface area contributed by atoms with Gasteiger partial charge in [0.05, 0.1) is 20.9 Å². The van der Waals surface area contributed by atoms with Gasteiger partial charge in [-0.15, -0.1) is 11.3 Å². The number of nitrogens with one attached hydrogen (secondary N) is 2. The average molecular weight is 493 g/mol. The van der Waals surface area contributed by atoms with Crippen molar-refractivity contribution in [2.75, 3.05) is 5.32 Å². The molecule has 0 aliphatic heterocycles. The Morgan fingerprint density at radius 2 is 1.77 bits per heavy atom. The summed E-state index contributed by atoms with van der Waals surface area (Å²) in [5.74, 6) is -0.387. The van der Waals surface area contributed by atoms with Crippen molar-refractivity contribution >= 4 is 85.3 Å². The number of thiocarbonyl (C=S) groups is 1. The lowest BCUT2D eigenvalue weighted by atomic mass is 10.2. The van der Waals surface area contributed by atoms with Gasteiger partial charge in [0.1, 0.15) is 5.01 Å². The van der Waals surface area contributed by atoms with E-state index in [9.17, 15) is 4.79 Å². The summed E-state index contributed by atoms with van der Waals surface area (Å²) in [7, 11) is 0. The third-order valence-corrected chi connectivity index (χ3v) is 6.16. The first kappa shape index (κ1) is 21.0. The molecule has 0 fully saturated rings. The number of aromatic nitrogens is 1. The van der Waals surface area contributed by atoms with Gasteiger partial charge in [-0.2, -0.15) is 0 Å². The number of carbonyl (C=O) groups is 1. The minimum absolute atomic E-state index is 0.0894. The minimum Gasteiger partial charge on any atom is -0.331 e. The molecule has 0 atom stereocenters. The zero-order valence-corrected chi connectivity index (χ0v) is 19.0. The Hall–Kier alpha value is -2.22. The number of hydrogen-bond donors (Lipinski definition) is 2. The molecular weight excluding hydrogens is 481 g/mol. The van der Waals surface area contributed by atoms with Crippen LogP contribution in [0.1, 0.15) is 10.4 Å². The molecule has 4 nitrogen and oxygen atoms in total. The van der Waals surface area contributed by atoms with Gasteiger partial charge < -0.3 is 5.32 Å². The van der Waals surface area contributed by atoms with Crippen LogP contribution in [0.15, 0.2) is 60.7 Å². The SMILES string of the molecule is O=C(NC(=S)Nc1c(Cl)cc(Cl)cc1-c1nc2ccccc2s1)c1cccc(Cl)c1. The molecule has 4 rings (SSSR count). The molecule has 0 spiro atoms. The summed E-state index contributed by atoms with van der Waals surface area (Å²) in [6.45, 7) is 0. The number of thiazole rings is 1. The molecule has 0 radical (unpaired) electrons. The molecule has 3 aromatic carbocycles. The highest BCUT2D eigenvalue weighted by Gasteiger charge is 2.17. The van der Waals surface area contributed by atoms with Gasteiger partial charge in [0.25, 0.3) is 5.91 Å².